The number of amides is 1. The van der Waals surface area contributed by atoms with Gasteiger partial charge in [0.25, 0.3) is 5.91 Å². The lowest BCUT2D eigenvalue weighted by atomic mass is 9.89. The predicted molar refractivity (Wildman–Crippen MR) is 165 cm³/mol. The van der Waals surface area contributed by atoms with Crippen molar-refractivity contribution in [1.29, 1.82) is 0 Å². The van der Waals surface area contributed by atoms with Gasteiger partial charge >= 0.3 is 5.97 Å². The number of nitrogens with zero attached hydrogens (tertiary/aromatic N) is 1. The monoisotopic (exact) mass is 604 g/mol. The summed E-state index contributed by atoms with van der Waals surface area (Å²) in [5.41, 5.74) is 5.35. The summed E-state index contributed by atoms with van der Waals surface area (Å²) in [6.45, 7) is 5.23. The highest BCUT2D eigenvalue weighted by molar-refractivity contribution is 5.98. The van der Waals surface area contributed by atoms with Gasteiger partial charge in [-0.3, -0.25) is 9.69 Å². The van der Waals surface area contributed by atoms with Crippen molar-refractivity contribution in [2.24, 2.45) is 0 Å². The molecule has 1 heterocycles. The number of fused-ring (bicyclic) bond motifs is 1. The SMILES string of the molecule is CCOCc1cc(OC)c([C@H]2CCc3c(C[C@H](NC(=O)c4c(F)cccc4CN4CCCC4)C(=O)O)cccc32)c(OC)c1. The van der Waals surface area contributed by atoms with Crippen LogP contribution >= 0.6 is 0 Å². The van der Waals surface area contributed by atoms with E-state index in [1.54, 1.807) is 26.4 Å². The lowest BCUT2D eigenvalue weighted by molar-refractivity contribution is -0.139. The molecule has 0 radical (unpaired) electrons. The highest BCUT2D eigenvalue weighted by atomic mass is 19.1. The molecule has 1 saturated heterocycles. The van der Waals surface area contributed by atoms with Gasteiger partial charge < -0.3 is 24.6 Å². The van der Waals surface area contributed by atoms with E-state index in [4.69, 9.17) is 14.2 Å². The summed E-state index contributed by atoms with van der Waals surface area (Å²) in [7, 11) is 3.28. The van der Waals surface area contributed by atoms with Crippen molar-refractivity contribution in [2.75, 3.05) is 33.9 Å². The Morgan fingerprint density at radius 3 is 2.39 bits per heavy atom. The van der Waals surface area contributed by atoms with Gasteiger partial charge in [0, 0.05) is 31.1 Å². The molecule has 1 amide bonds. The first-order chi connectivity index (χ1) is 21.3. The number of hydrogen-bond donors (Lipinski definition) is 2. The number of carbonyl (C=O) groups is 2. The third-order valence-corrected chi connectivity index (χ3v) is 8.74. The van der Waals surface area contributed by atoms with Crippen LogP contribution in [-0.2, 0) is 35.5 Å². The number of rotatable bonds is 13. The number of carbonyl (C=O) groups excluding carboxylic acids is 1. The zero-order valence-electron chi connectivity index (χ0n) is 25.7. The van der Waals surface area contributed by atoms with Crippen LogP contribution in [0.4, 0.5) is 4.39 Å². The first-order valence-corrected chi connectivity index (χ1v) is 15.3. The van der Waals surface area contributed by atoms with Gasteiger partial charge in [-0.1, -0.05) is 30.3 Å². The van der Waals surface area contributed by atoms with Gasteiger partial charge in [0.05, 0.1) is 26.4 Å². The van der Waals surface area contributed by atoms with Crippen molar-refractivity contribution in [2.45, 2.75) is 64.1 Å². The fourth-order valence-electron chi connectivity index (χ4n) is 6.65. The van der Waals surface area contributed by atoms with Gasteiger partial charge in [-0.15, -0.1) is 0 Å². The zero-order valence-corrected chi connectivity index (χ0v) is 25.7. The average molecular weight is 605 g/mol. The first kappa shape index (κ1) is 31.5. The summed E-state index contributed by atoms with van der Waals surface area (Å²) in [6, 6.07) is 13.2. The van der Waals surface area contributed by atoms with Gasteiger partial charge in [0.1, 0.15) is 23.4 Å². The second kappa shape index (κ2) is 14.2. The van der Waals surface area contributed by atoms with Crippen LogP contribution in [0.2, 0.25) is 0 Å². The molecular formula is C35H41FN2O6. The second-order valence-electron chi connectivity index (χ2n) is 11.5. The van der Waals surface area contributed by atoms with Crippen LogP contribution in [0.5, 0.6) is 11.5 Å². The number of halogens is 1. The third kappa shape index (κ3) is 6.74. The number of likely N-dealkylation sites (tertiary alicyclic amines) is 1. The zero-order chi connectivity index (χ0) is 31.2. The topological polar surface area (TPSA) is 97.3 Å². The maximum absolute atomic E-state index is 15.0. The molecule has 2 atom stereocenters. The van der Waals surface area contributed by atoms with Crippen molar-refractivity contribution in [1.82, 2.24) is 10.2 Å². The molecule has 1 aliphatic heterocycles. The van der Waals surface area contributed by atoms with Crippen LogP contribution in [0.15, 0.2) is 48.5 Å². The molecule has 0 unspecified atom stereocenters. The summed E-state index contributed by atoms with van der Waals surface area (Å²) in [5.74, 6) is -1.12. The van der Waals surface area contributed by atoms with E-state index in [2.05, 4.69) is 16.3 Å². The van der Waals surface area contributed by atoms with Crippen LogP contribution in [0, 0.1) is 5.82 Å². The van der Waals surface area contributed by atoms with Gasteiger partial charge in [0.2, 0.25) is 0 Å². The Kier molecular flexibility index (Phi) is 10.2. The Labute approximate surface area is 258 Å². The van der Waals surface area contributed by atoms with Crippen LogP contribution < -0.4 is 14.8 Å². The molecule has 0 spiro atoms. The van der Waals surface area contributed by atoms with Gasteiger partial charge in [-0.05, 0) is 91.7 Å². The van der Waals surface area contributed by atoms with E-state index in [0.29, 0.717) is 36.8 Å². The number of hydrogen-bond acceptors (Lipinski definition) is 6. The number of methoxy groups -OCH3 is 2. The third-order valence-electron chi connectivity index (χ3n) is 8.74. The van der Waals surface area contributed by atoms with Crippen LogP contribution in [-0.4, -0.2) is 61.8 Å². The normalized spacial score (nSPS) is 16.9. The molecule has 0 saturated carbocycles. The van der Waals surface area contributed by atoms with Gasteiger partial charge in [-0.2, -0.15) is 0 Å². The van der Waals surface area contributed by atoms with Crippen LogP contribution in [0.25, 0.3) is 0 Å². The lowest BCUT2D eigenvalue weighted by Gasteiger charge is -2.22. The van der Waals surface area contributed by atoms with E-state index < -0.39 is 23.7 Å². The molecule has 3 aromatic carbocycles. The van der Waals surface area contributed by atoms with E-state index in [1.165, 1.54) is 6.07 Å². The molecule has 2 aliphatic rings. The average Bonchev–Trinajstić information content (AvgIpc) is 3.69. The lowest BCUT2D eigenvalue weighted by Crippen LogP contribution is -2.43. The maximum Gasteiger partial charge on any atom is 0.326 e. The highest BCUT2D eigenvalue weighted by Crippen LogP contribution is 2.47. The summed E-state index contributed by atoms with van der Waals surface area (Å²) >= 11 is 0. The molecule has 1 fully saturated rings. The van der Waals surface area contributed by atoms with E-state index in [-0.39, 0.29) is 17.9 Å². The largest absolute Gasteiger partial charge is 0.496 e. The summed E-state index contributed by atoms with van der Waals surface area (Å²) in [4.78, 5) is 28.0. The molecule has 1 aliphatic carbocycles. The number of aliphatic carboxylic acids is 1. The molecule has 234 valence electrons. The molecule has 0 bridgehead atoms. The van der Waals surface area contributed by atoms with E-state index in [0.717, 1.165) is 66.6 Å². The number of ether oxygens (including phenoxy) is 3. The summed E-state index contributed by atoms with van der Waals surface area (Å²) < 4.78 is 32.2. The van der Waals surface area contributed by atoms with Gasteiger partial charge in [0.15, 0.2) is 0 Å². The number of carboxylic acids is 1. The minimum absolute atomic E-state index is 0.0135. The Morgan fingerprint density at radius 2 is 1.73 bits per heavy atom. The van der Waals surface area contributed by atoms with Crippen molar-refractivity contribution < 1.29 is 33.3 Å². The maximum atomic E-state index is 15.0. The summed E-state index contributed by atoms with van der Waals surface area (Å²) in [5, 5.41) is 12.8. The predicted octanol–water partition coefficient (Wildman–Crippen LogP) is 5.48. The minimum Gasteiger partial charge on any atom is -0.496 e. The number of carboxylic acid groups (broad SMARTS) is 1. The minimum atomic E-state index is -1.23. The standard InChI is InChI=1S/C35H41FN2O6/c1-4-44-21-22-17-30(42-2)33(31(18-22)43-3)27-14-13-25-23(9-7-11-26(25)27)19-29(35(40)41)37-34(39)32-24(10-8-12-28(32)36)20-38-15-5-6-16-38/h7-12,17-18,27,29H,4-6,13-16,19-21H2,1-3H3,(H,37,39)(H,40,41)/t27-,29-/m0/s1. The van der Waals surface area contributed by atoms with E-state index >= 15 is 0 Å². The molecule has 9 heteroatoms. The molecule has 3 aromatic rings. The quantitative estimate of drug-likeness (QED) is 0.267. The molecule has 0 aromatic heterocycles. The second-order valence-corrected chi connectivity index (χ2v) is 11.5. The van der Waals surface area contributed by atoms with E-state index in [1.807, 2.05) is 31.2 Å². The Hall–Kier alpha value is -3.95. The molecule has 2 N–H and O–H groups in total. The fourth-order valence-corrected chi connectivity index (χ4v) is 6.65. The van der Waals surface area contributed by atoms with Crippen molar-refractivity contribution >= 4 is 11.9 Å². The summed E-state index contributed by atoms with van der Waals surface area (Å²) in [6.07, 6.45) is 3.74. The molecule has 44 heavy (non-hydrogen) atoms. The Bertz CT molecular complexity index is 1480. The Balaban J connectivity index is 1.40. The molecular weight excluding hydrogens is 563 g/mol. The van der Waals surface area contributed by atoms with Crippen molar-refractivity contribution in [3.05, 3.63) is 93.3 Å². The number of benzene rings is 3. The fraction of sp³-hybridized carbons (Fsp3) is 0.429. The molecule has 5 rings (SSSR count). The molecule has 8 nitrogen and oxygen atoms in total. The van der Waals surface area contributed by atoms with Crippen LogP contribution in [0.3, 0.4) is 0 Å². The smallest absolute Gasteiger partial charge is 0.326 e. The van der Waals surface area contributed by atoms with Gasteiger partial charge in [-0.25, -0.2) is 9.18 Å². The Morgan fingerprint density at radius 1 is 1.05 bits per heavy atom. The van der Waals surface area contributed by atoms with Crippen LogP contribution in [0.1, 0.15) is 75.8 Å². The van der Waals surface area contributed by atoms with Crippen molar-refractivity contribution in [3.8, 4) is 11.5 Å². The highest BCUT2D eigenvalue weighted by Gasteiger charge is 2.33. The first-order valence-electron chi connectivity index (χ1n) is 15.3. The van der Waals surface area contributed by atoms with Crippen molar-refractivity contribution in [3.63, 3.8) is 0 Å². The number of nitrogens with one attached hydrogen (secondary N) is 1. The van der Waals surface area contributed by atoms with E-state index in [9.17, 15) is 19.1 Å².